The number of anilines is 4. The number of carbonyl (C=O) groups excluding carboxylic acids is 6. The summed E-state index contributed by atoms with van der Waals surface area (Å²) in [5.41, 5.74) is 3.63. The van der Waals surface area contributed by atoms with E-state index in [1.165, 1.54) is 0 Å². The molecule has 9 rings (SSSR count). The number of imide groups is 2. The third-order valence-electron chi connectivity index (χ3n) is 14.3. The molecule has 2 atom stereocenters. The Bertz CT molecular complexity index is 2920. The average Bonchev–Trinajstić information content (AvgIpc) is 4.06. The molecule has 2 fully saturated rings. The molecule has 1 unspecified atom stereocenters. The molecule has 21 nitrogen and oxygen atoms in total. The van der Waals surface area contributed by atoms with Crippen molar-refractivity contribution in [3.8, 4) is 11.5 Å². The first-order valence-corrected chi connectivity index (χ1v) is 26.4. The molecule has 4 aliphatic heterocycles. The topological polar surface area (TPSA) is 266 Å². The van der Waals surface area contributed by atoms with Crippen molar-refractivity contribution < 1.29 is 43.0 Å². The molecule has 4 aliphatic rings. The third kappa shape index (κ3) is 12.7. The van der Waals surface area contributed by atoms with Gasteiger partial charge in [-0.25, -0.2) is 9.78 Å². The largest absolute Gasteiger partial charge is 0.451 e. The SMILES string of the molecule is CC1(C)OC(=O)c2ccc(Nc3ncc(-c4nnc(CCCN5CCN(CC(=O)NCCCCCCCCCNc6cccc7c6C(=O)N(C6CCC(=O)NC6=O)C7=O)CC5)o4)c(N[C@H](CO)c4ccccc4)n3)cc21. The van der Waals surface area contributed by atoms with Gasteiger partial charge in [0, 0.05) is 75.2 Å². The van der Waals surface area contributed by atoms with Gasteiger partial charge in [-0.15, -0.1) is 10.2 Å². The smallest absolute Gasteiger partial charge is 0.339 e. The fraction of sp³-hybridized carbons (Fsp3) is 0.455. The number of hydrogen-bond donors (Lipinski definition) is 6. The van der Waals surface area contributed by atoms with Crippen molar-refractivity contribution >= 4 is 58.6 Å². The molecular weight excluding hydrogens is 973 g/mol. The monoisotopic (exact) mass is 1040 g/mol. The van der Waals surface area contributed by atoms with E-state index >= 15 is 0 Å². The van der Waals surface area contributed by atoms with Crippen LogP contribution in [-0.4, -0.2) is 140 Å². The summed E-state index contributed by atoms with van der Waals surface area (Å²) in [7, 11) is 0. The zero-order chi connectivity index (χ0) is 53.2. The van der Waals surface area contributed by atoms with E-state index in [1.807, 2.05) is 50.2 Å². The highest BCUT2D eigenvalue weighted by molar-refractivity contribution is 6.25. The van der Waals surface area contributed by atoms with Gasteiger partial charge in [-0.05, 0) is 82.0 Å². The number of nitrogens with one attached hydrogen (secondary N) is 5. The van der Waals surface area contributed by atoms with E-state index in [-0.39, 0.29) is 54.3 Å². The second-order valence-corrected chi connectivity index (χ2v) is 20.2. The van der Waals surface area contributed by atoms with Gasteiger partial charge < -0.3 is 40.4 Å². The number of aryl methyl sites for hydroxylation is 1. The standard InChI is InChI=1S/C55H66N12O9/c1-55(2)40-31-36(20-21-37(40)53(74)76-55)59-54-58-32-39(48(62-54)60-42(34-68)35-15-9-8-10-16-35)50-64-63-46(75-50)19-14-26-65-27-29-66(30-28-65)33-45(70)57-25-12-7-5-3-4-6-11-24-56-41-18-13-17-38-47(41)52(73)67(51(38)72)43-22-23-44(69)61-49(43)71/h8-10,13,15-18,20-21,31-32,42-43,56,68H,3-7,11-12,14,19,22-30,33-34H2,1-2H3,(H,57,70)(H,61,69,71)(H2,58,59,60,62)/t42-,43?/m1/s1. The van der Waals surface area contributed by atoms with Crippen molar-refractivity contribution in [2.45, 2.75) is 102 Å². The molecule has 5 amide bonds. The Kier molecular flexibility index (Phi) is 17.1. The molecule has 3 aromatic carbocycles. The van der Waals surface area contributed by atoms with Crippen LogP contribution in [0.3, 0.4) is 0 Å². The van der Waals surface area contributed by atoms with Crippen LogP contribution >= 0.6 is 0 Å². The minimum Gasteiger partial charge on any atom is -0.451 e. The van der Waals surface area contributed by atoms with Gasteiger partial charge in [-0.2, -0.15) is 4.98 Å². The van der Waals surface area contributed by atoms with Crippen molar-refractivity contribution in [2.75, 3.05) is 74.9 Å². The summed E-state index contributed by atoms with van der Waals surface area (Å²) in [5.74, 6) is -0.981. The number of esters is 1. The van der Waals surface area contributed by atoms with Crippen molar-refractivity contribution in [3.05, 3.63) is 107 Å². The number of piperidine rings is 1. The van der Waals surface area contributed by atoms with Gasteiger partial charge in [-0.1, -0.05) is 68.5 Å². The van der Waals surface area contributed by atoms with Crippen LogP contribution in [0.1, 0.15) is 132 Å². The highest BCUT2D eigenvalue weighted by Crippen LogP contribution is 2.38. The summed E-state index contributed by atoms with van der Waals surface area (Å²) in [6.45, 7) is 9.32. The molecule has 6 heterocycles. The molecule has 2 aromatic heterocycles. The van der Waals surface area contributed by atoms with Gasteiger partial charge in [0.2, 0.25) is 29.6 Å². The number of hydrogen-bond acceptors (Lipinski definition) is 18. The molecule has 5 aromatic rings. The van der Waals surface area contributed by atoms with Crippen LogP contribution in [0.5, 0.6) is 0 Å². The van der Waals surface area contributed by atoms with Gasteiger partial charge in [0.25, 0.3) is 17.7 Å². The summed E-state index contributed by atoms with van der Waals surface area (Å²) < 4.78 is 11.7. The van der Waals surface area contributed by atoms with E-state index in [0.29, 0.717) is 60.3 Å². The van der Waals surface area contributed by atoms with Crippen LogP contribution in [0.2, 0.25) is 0 Å². The molecule has 21 heteroatoms. The van der Waals surface area contributed by atoms with Gasteiger partial charge >= 0.3 is 5.97 Å². The predicted molar refractivity (Wildman–Crippen MR) is 282 cm³/mol. The Morgan fingerprint density at radius 2 is 1.58 bits per heavy atom. The summed E-state index contributed by atoms with van der Waals surface area (Å²) in [6, 6.07) is 18.5. The van der Waals surface area contributed by atoms with E-state index in [1.54, 1.807) is 36.5 Å². The van der Waals surface area contributed by atoms with E-state index in [4.69, 9.17) is 14.1 Å². The maximum absolute atomic E-state index is 13.3. The third-order valence-corrected chi connectivity index (χ3v) is 14.3. The molecule has 0 spiro atoms. The Balaban J connectivity index is 0.647. The fourth-order valence-corrected chi connectivity index (χ4v) is 10.2. The van der Waals surface area contributed by atoms with Crippen LogP contribution in [-0.2, 0) is 31.1 Å². The normalized spacial score (nSPS) is 17.8. The number of aliphatic hydroxyl groups excluding tert-OH is 1. The Morgan fingerprint density at radius 1 is 0.829 bits per heavy atom. The van der Waals surface area contributed by atoms with Gasteiger partial charge in [0.15, 0.2) is 0 Å². The van der Waals surface area contributed by atoms with Gasteiger partial charge in [0.1, 0.15) is 17.5 Å². The summed E-state index contributed by atoms with van der Waals surface area (Å²) >= 11 is 0. The van der Waals surface area contributed by atoms with Crippen molar-refractivity contribution in [3.63, 3.8) is 0 Å². The molecule has 0 saturated carbocycles. The number of carbonyl (C=O) groups is 6. The van der Waals surface area contributed by atoms with Crippen LogP contribution < -0.4 is 26.6 Å². The first-order chi connectivity index (χ1) is 36.8. The summed E-state index contributed by atoms with van der Waals surface area (Å²) in [6.07, 6.45) is 10.3. The minimum atomic E-state index is -0.993. The summed E-state index contributed by atoms with van der Waals surface area (Å²) in [4.78, 5) is 90.6. The lowest BCUT2D eigenvalue weighted by Crippen LogP contribution is -2.54. The molecule has 2 saturated heterocycles. The van der Waals surface area contributed by atoms with E-state index in [0.717, 1.165) is 100 Å². The second-order valence-electron chi connectivity index (χ2n) is 20.2. The Morgan fingerprint density at radius 3 is 2.34 bits per heavy atom. The number of unbranched alkanes of at least 4 members (excludes halogenated alkanes) is 6. The molecule has 0 aliphatic carbocycles. The van der Waals surface area contributed by atoms with E-state index in [2.05, 4.69) is 51.6 Å². The van der Waals surface area contributed by atoms with Crippen molar-refractivity contribution in [1.82, 2.24) is 45.5 Å². The zero-order valence-corrected chi connectivity index (χ0v) is 43.1. The van der Waals surface area contributed by atoms with Crippen LogP contribution in [0.15, 0.2) is 77.3 Å². The number of piperazine rings is 1. The number of aromatic nitrogens is 4. The number of ether oxygens (including phenoxy) is 1. The second kappa shape index (κ2) is 24.4. The maximum Gasteiger partial charge on any atom is 0.339 e. The predicted octanol–water partition coefficient (Wildman–Crippen LogP) is 5.73. The minimum absolute atomic E-state index is 0.0472. The van der Waals surface area contributed by atoms with E-state index in [9.17, 15) is 33.9 Å². The molecule has 0 radical (unpaired) electrons. The number of cyclic esters (lactones) is 1. The van der Waals surface area contributed by atoms with Gasteiger partial charge in [-0.3, -0.25) is 39.1 Å². The molecule has 400 valence electrons. The van der Waals surface area contributed by atoms with Crippen molar-refractivity contribution in [2.24, 2.45) is 0 Å². The lowest BCUT2D eigenvalue weighted by atomic mass is 9.95. The number of benzene rings is 3. The highest BCUT2D eigenvalue weighted by Gasteiger charge is 2.45. The van der Waals surface area contributed by atoms with Crippen LogP contribution in [0.25, 0.3) is 11.5 Å². The number of nitrogens with zero attached hydrogens (tertiary/aromatic N) is 7. The molecule has 6 N–H and O–H groups in total. The Hall–Kier alpha value is -7.62. The first-order valence-electron chi connectivity index (χ1n) is 26.4. The lowest BCUT2D eigenvalue weighted by Gasteiger charge is -2.34. The molecule has 0 bridgehead atoms. The lowest BCUT2D eigenvalue weighted by molar-refractivity contribution is -0.136. The maximum atomic E-state index is 13.3. The van der Waals surface area contributed by atoms with E-state index < -0.39 is 41.3 Å². The zero-order valence-electron chi connectivity index (χ0n) is 43.1. The van der Waals surface area contributed by atoms with Crippen molar-refractivity contribution in [1.29, 1.82) is 0 Å². The first kappa shape index (κ1) is 53.2. The van der Waals surface area contributed by atoms with Gasteiger partial charge in [0.05, 0.1) is 41.4 Å². The quantitative estimate of drug-likeness (QED) is 0.0231. The number of rotatable bonds is 25. The highest BCUT2D eigenvalue weighted by atomic mass is 16.6. The summed E-state index contributed by atoms with van der Waals surface area (Å²) in [5, 5.41) is 34.4. The molecule has 76 heavy (non-hydrogen) atoms. The van der Waals surface area contributed by atoms with Crippen LogP contribution in [0.4, 0.5) is 23.1 Å². The fourth-order valence-electron chi connectivity index (χ4n) is 10.2. The van der Waals surface area contributed by atoms with Crippen LogP contribution in [0, 0.1) is 0 Å². The average molecular weight is 1040 g/mol. The number of aliphatic hydroxyl groups is 1. The molecular formula is C55H66N12O9. The number of amides is 5. The number of fused-ring (bicyclic) bond motifs is 2. The Labute approximate surface area is 440 Å².